The summed E-state index contributed by atoms with van der Waals surface area (Å²) in [5.74, 6) is 0.712. The van der Waals surface area contributed by atoms with E-state index in [4.69, 9.17) is 10.8 Å². The molecule has 0 amide bonds. The summed E-state index contributed by atoms with van der Waals surface area (Å²) in [6.45, 7) is 5.13. The van der Waals surface area contributed by atoms with Gasteiger partial charge >= 0.3 is 0 Å². The van der Waals surface area contributed by atoms with E-state index in [1.165, 1.54) is 0 Å². The number of hydrogen-bond acceptors (Lipinski definition) is 4. The average molecular weight is 212 g/mol. The molecule has 0 aliphatic heterocycles. The SMILES string of the molecule is Cn1cc(N)c(NCC(C)(C)CCO)n1. The Morgan fingerprint density at radius 3 is 2.73 bits per heavy atom. The van der Waals surface area contributed by atoms with Gasteiger partial charge in [0.05, 0.1) is 5.69 Å². The van der Waals surface area contributed by atoms with Crippen LogP contribution in [-0.2, 0) is 7.05 Å². The Bertz CT molecular complexity index is 319. The molecule has 0 spiro atoms. The molecule has 0 aromatic carbocycles. The van der Waals surface area contributed by atoms with E-state index in [9.17, 15) is 0 Å². The van der Waals surface area contributed by atoms with E-state index in [0.717, 1.165) is 13.0 Å². The van der Waals surface area contributed by atoms with Crippen LogP contribution in [0.1, 0.15) is 20.3 Å². The van der Waals surface area contributed by atoms with Crippen molar-refractivity contribution in [3.05, 3.63) is 6.20 Å². The van der Waals surface area contributed by atoms with E-state index >= 15 is 0 Å². The Kier molecular flexibility index (Phi) is 3.57. The lowest BCUT2D eigenvalue weighted by molar-refractivity contribution is 0.220. The largest absolute Gasteiger partial charge is 0.396 e. The highest BCUT2D eigenvalue weighted by molar-refractivity contribution is 5.59. The number of hydrogen-bond donors (Lipinski definition) is 3. The maximum absolute atomic E-state index is 8.89. The third-order valence-electron chi connectivity index (χ3n) is 2.38. The van der Waals surface area contributed by atoms with Crippen LogP contribution in [0, 0.1) is 5.41 Å². The molecule has 0 aliphatic rings. The Labute approximate surface area is 90.3 Å². The van der Waals surface area contributed by atoms with Gasteiger partial charge in [-0.05, 0) is 11.8 Å². The zero-order valence-corrected chi connectivity index (χ0v) is 9.62. The second-order valence-electron chi connectivity index (χ2n) is 4.60. The van der Waals surface area contributed by atoms with Gasteiger partial charge in [0.2, 0.25) is 0 Å². The standard InChI is InChI=1S/C10H20N4O/c1-10(2,4-5-15)7-12-9-8(11)6-14(3)13-9/h6,15H,4-5,7,11H2,1-3H3,(H,12,13). The third kappa shape index (κ3) is 3.43. The number of anilines is 2. The summed E-state index contributed by atoms with van der Waals surface area (Å²) in [6.07, 6.45) is 2.52. The van der Waals surface area contributed by atoms with Crippen molar-refractivity contribution in [3.63, 3.8) is 0 Å². The molecule has 5 heteroatoms. The van der Waals surface area contributed by atoms with Crippen LogP contribution in [-0.4, -0.2) is 28.0 Å². The number of nitrogens with one attached hydrogen (secondary N) is 1. The van der Waals surface area contributed by atoms with Crippen LogP contribution in [0.25, 0.3) is 0 Å². The summed E-state index contributed by atoms with van der Waals surface area (Å²) in [5.41, 5.74) is 6.44. The van der Waals surface area contributed by atoms with Gasteiger partial charge in [-0.25, -0.2) is 0 Å². The number of aliphatic hydroxyl groups excluding tert-OH is 1. The minimum Gasteiger partial charge on any atom is -0.396 e. The Morgan fingerprint density at radius 1 is 1.60 bits per heavy atom. The first-order chi connectivity index (χ1) is 6.94. The summed E-state index contributed by atoms with van der Waals surface area (Å²) < 4.78 is 1.68. The first-order valence-corrected chi connectivity index (χ1v) is 5.08. The topological polar surface area (TPSA) is 76.1 Å². The molecule has 15 heavy (non-hydrogen) atoms. The molecular weight excluding hydrogens is 192 g/mol. The van der Waals surface area contributed by atoms with Crippen molar-refractivity contribution < 1.29 is 5.11 Å². The van der Waals surface area contributed by atoms with Gasteiger partial charge in [-0.3, -0.25) is 4.68 Å². The highest BCUT2D eigenvalue weighted by Gasteiger charge is 2.17. The predicted octanol–water partition coefficient (Wildman–Crippen LogP) is 0.823. The van der Waals surface area contributed by atoms with Crippen LogP contribution in [0.2, 0.25) is 0 Å². The molecule has 0 fully saturated rings. The van der Waals surface area contributed by atoms with Gasteiger partial charge in [-0.15, -0.1) is 0 Å². The number of nitrogens with two attached hydrogens (primary N) is 1. The molecule has 1 heterocycles. The zero-order valence-electron chi connectivity index (χ0n) is 9.62. The summed E-state index contributed by atoms with van der Waals surface area (Å²) in [7, 11) is 1.83. The van der Waals surface area contributed by atoms with E-state index in [1.54, 1.807) is 10.9 Å². The van der Waals surface area contributed by atoms with E-state index in [-0.39, 0.29) is 12.0 Å². The molecular formula is C10H20N4O. The van der Waals surface area contributed by atoms with E-state index < -0.39 is 0 Å². The molecule has 0 atom stereocenters. The molecule has 1 aromatic heterocycles. The average Bonchev–Trinajstić information content (AvgIpc) is 2.42. The van der Waals surface area contributed by atoms with Crippen LogP contribution in [0.15, 0.2) is 6.20 Å². The van der Waals surface area contributed by atoms with Gasteiger partial charge in [-0.1, -0.05) is 13.8 Å². The molecule has 0 saturated carbocycles. The lowest BCUT2D eigenvalue weighted by atomic mass is 9.90. The molecule has 0 aliphatic carbocycles. The highest BCUT2D eigenvalue weighted by atomic mass is 16.3. The lowest BCUT2D eigenvalue weighted by Gasteiger charge is -2.23. The first-order valence-electron chi connectivity index (χ1n) is 5.08. The first kappa shape index (κ1) is 11.8. The minimum atomic E-state index is 0.0404. The predicted molar refractivity (Wildman–Crippen MR) is 61.6 cm³/mol. The normalized spacial score (nSPS) is 11.7. The van der Waals surface area contributed by atoms with Crippen molar-refractivity contribution in [2.75, 3.05) is 24.2 Å². The quantitative estimate of drug-likeness (QED) is 0.675. The number of rotatable bonds is 5. The monoisotopic (exact) mass is 212 g/mol. The maximum Gasteiger partial charge on any atom is 0.171 e. The Hall–Kier alpha value is -1.23. The molecule has 0 bridgehead atoms. The van der Waals surface area contributed by atoms with Gasteiger partial charge in [0.1, 0.15) is 0 Å². The number of aliphatic hydroxyl groups is 1. The van der Waals surface area contributed by atoms with E-state index in [1.807, 2.05) is 7.05 Å². The maximum atomic E-state index is 8.89. The smallest absolute Gasteiger partial charge is 0.171 e. The molecule has 0 radical (unpaired) electrons. The third-order valence-corrected chi connectivity index (χ3v) is 2.38. The number of aryl methyl sites for hydroxylation is 1. The number of nitrogen functional groups attached to an aromatic ring is 1. The second kappa shape index (κ2) is 4.53. The summed E-state index contributed by atoms with van der Waals surface area (Å²) in [6, 6.07) is 0. The van der Waals surface area contributed by atoms with Crippen molar-refractivity contribution in [1.29, 1.82) is 0 Å². The Morgan fingerprint density at radius 2 is 2.27 bits per heavy atom. The highest BCUT2D eigenvalue weighted by Crippen LogP contribution is 2.22. The molecule has 1 rings (SSSR count). The zero-order chi connectivity index (χ0) is 11.5. The molecule has 5 nitrogen and oxygen atoms in total. The van der Waals surface area contributed by atoms with Gasteiger partial charge in [0.25, 0.3) is 0 Å². The van der Waals surface area contributed by atoms with Gasteiger partial charge in [-0.2, -0.15) is 5.10 Å². The van der Waals surface area contributed by atoms with E-state index in [0.29, 0.717) is 11.5 Å². The van der Waals surface area contributed by atoms with Crippen LogP contribution in [0.3, 0.4) is 0 Å². The summed E-state index contributed by atoms with van der Waals surface area (Å²) in [4.78, 5) is 0. The van der Waals surface area contributed by atoms with Gasteiger partial charge in [0.15, 0.2) is 5.82 Å². The van der Waals surface area contributed by atoms with Crippen molar-refractivity contribution in [2.24, 2.45) is 12.5 Å². The van der Waals surface area contributed by atoms with Gasteiger partial charge < -0.3 is 16.2 Å². The molecule has 4 N–H and O–H groups in total. The van der Waals surface area contributed by atoms with Crippen LogP contribution in [0.5, 0.6) is 0 Å². The second-order valence-corrected chi connectivity index (χ2v) is 4.60. The van der Waals surface area contributed by atoms with Crippen LogP contribution in [0.4, 0.5) is 11.5 Å². The van der Waals surface area contributed by atoms with Crippen LogP contribution >= 0.6 is 0 Å². The number of nitrogens with zero attached hydrogens (tertiary/aromatic N) is 2. The molecule has 1 aromatic rings. The fourth-order valence-electron chi connectivity index (χ4n) is 1.36. The summed E-state index contributed by atoms with van der Waals surface area (Å²) in [5, 5.41) is 16.3. The minimum absolute atomic E-state index is 0.0404. The van der Waals surface area contributed by atoms with E-state index in [2.05, 4.69) is 24.3 Å². The molecule has 0 unspecified atom stereocenters. The number of aromatic nitrogens is 2. The molecule has 86 valence electrons. The van der Waals surface area contributed by atoms with Crippen molar-refractivity contribution in [1.82, 2.24) is 9.78 Å². The molecule has 0 saturated heterocycles. The Balaban J connectivity index is 2.53. The fraction of sp³-hybridized carbons (Fsp3) is 0.700. The summed E-state index contributed by atoms with van der Waals surface area (Å²) >= 11 is 0. The fourth-order valence-corrected chi connectivity index (χ4v) is 1.36. The van der Waals surface area contributed by atoms with Crippen LogP contribution < -0.4 is 11.1 Å². The van der Waals surface area contributed by atoms with Crippen molar-refractivity contribution in [3.8, 4) is 0 Å². The van der Waals surface area contributed by atoms with Crippen molar-refractivity contribution in [2.45, 2.75) is 20.3 Å². The lowest BCUT2D eigenvalue weighted by Crippen LogP contribution is -2.24. The van der Waals surface area contributed by atoms with Gasteiger partial charge in [0, 0.05) is 26.4 Å². The van der Waals surface area contributed by atoms with Crippen molar-refractivity contribution >= 4 is 11.5 Å².